The molecule has 269 valence electrons. The van der Waals surface area contributed by atoms with E-state index in [1.54, 1.807) is 0 Å². The van der Waals surface area contributed by atoms with Crippen molar-refractivity contribution in [2.75, 3.05) is 0 Å². The van der Waals surface area contributed by atoms with Gasteiger partial charge >= 0.3 is 0 Å². The van der Waals surface area contributed by atoms with Crippen LogP contribution in [0.2, 0.25) is 0 Å². The Hall–Kier alpha value is -4.96. The van der Waals surface area contributed by atoms with Crippen LogP contribution in [0.4, 0.5) is 0 Å². The summed E-state index contributed by atoms with van der Waals surface area (Å²) < 4.78 is 6.41. The quantitative estimate of drug-likeness (QED) is 0.162. The van der Waals surface area contributed by atoms with Gasteiger partial charge in [0.05, 0.1) is 5.58 Å². The number of hydrogen-bond acceptors (Lipinski definition) is 4. The number of pyridine rings is 3. The molecule has 0 atom stereocenters. The van der Waals surface area contributed by atoms with Gasteiger partial charge in [0.1, 0.15) is 5.58 Å². The molecule has 53 heavy (non-hydrogen) atoms. The molecule has 0 N–H and O–H groups in total. The molecule has 8 aromatic rings. The third-order valence-corrected chi connectivity index (χ3v) is 9.18. The molecule has 0 saturated carbocycles. The molecule has 0 unspecified atom stereocenters. The van der Waals surface area contributed by atoms with E-state index in [4.69, 9.17) is 9.40 Å². The van der Waals surface area contributed by atoms with Crippen molar-refractivity contribution < 1.29 is 24.5 Å². The Labute approximate surface area is 327 Å². The molecule has 0 bridgehead atoms. The predicted octanol–water partition coefficient (Wildman–Crippen LogP) is 12.7. The molecule has 8 rings (SSSR count). The van der Waals surface area contributed by atoms with Crippen molar-refractivity contribution in [3.63, 3.8) is 0 Å². The van der Waals surface area contributed by atoms with E-state index in [2.05, 4.69) is 131 Å². The third-order valence-electron chi connectivity index (χ3n) is 9.18. The molecule has 0 saturated heterocycles. The number of rotatable bonds is 5. The fraction of sp³-hybridized carbons (Fsp3) is 0.229. The van der Waals surface area contributed by atoms with Gasteiger partial charge < -0.3 is 14.4 Å². The third kappa shape index (κ3) is 8.82. The van der Waals surface area contributed by atoms with Crippen molar-refractivity contribution in [3.8, 4) is 33.6 Å². The summed E-state index contributed by atoms with van der Waals surface area (Å²) in [6.07, 6.45) is 9.60. The van der Waals surface area contributed by atoms with E-state index < -0.39 is 0 Å². The SMILES string of the molecule is CC(C)(C)Cc1ccc(-c2ccnc(-c3[c-]cccc3)c2)cc1.Cc1cnc(-c2[c-]ccc3c2oc2c4cnccc4ccc32)cc1CC(C)(C)C.[Ir]. The summed E-state index contributed by atoms with van der Waals surface area (Å²) >= 11 is 0. The maximum absolute atomic E-state index is 6.41. The summed E-state index contributed by atoms with van der Waals surface area (Å²) in [4.78, 5) is 13.5. The molecular weight excluding hydrogens is 827 g/mol. The van der Waals surface area contributed by atoms with Crippen LogP contribution in [0.5, 0.6) is 0 Å². The second-order valence-corrected chi connectivity index (χ2v) is 16.1. The van der Waals surface area contributed by atoms with Crippen LogP contribution in [0.1, 0.15) is 58.2 Å². The molecule has 4 heterocycles. The molecule has 5 heteroatoms. The zero-order chi connectivity index (χ0) is 36.5. The average molecular weight is 872 g/mol. The smallest absolute Gasteiger partial charge is 0.130 e. The molecule has 0 aliphatic carbocycles. The van der Waals surface area contributed by atoms with E-state index >= 15 is 0 Å². The first-order valence-electron chi connectivity index (χ1n) is 18.0. The van der Waals surface area contributed by atoms with Gasteiger partial charge in [-0.25, -0.2) is 0 Å². The standard InChI is InChI=1S/C26H23N2O.C22H22N.Ir/c1-16-14-28-23(12-18(16)13-26(2,3)4)21-7-5-6-19-20-9-8-17-10-11-27-15-22(17)25(20)29-24(19)21;1-22(2,3)16-17-9-11-18(12-10-17)20-13-14-23-21(15-20)19-7-5-4-6-8-19;/h5-6,8-12,14-15H,13H2,1-4H3;4-7,9-15H,16H2,1-3H3;/q2*-1;. The van der Waals surface area contributed by atoms with Gasteiger partial charge in [-0.15, -0.1) is 54.1 Å². The first-order chi connectivity index (χ1) is 24.9. The van der Waals surface area contributed by atoms with Gasteiger partial charge in [-0.3, -0.25) is 4.98 Å². The van der Waals surface area contributed by atoms with E-state index in [1.165, 1.54) is 27.8 Å². The van der Waals surface area contributed by atoms with Crippen molar-refractivity contribution in [2.45, 2.75) is 61.3 Å². The maximum Gasteiger partial charge on any atom is 0.130 e. The van der Waals surface area contributed by atoms with Crippen LogP contribution in [0, 0.1) is 29.9 Å². The van der Waals surface area contributed by atoms with Gasteiger partial charge in [0.2, 0.25) is 0 Å². The minimum Gasteiger partial charge on any atom is -0.500 e. The van der Waals surface area contributed by atoms with Crippen molar-refractivity contribution in [3.05, 3.63) is 151 Å². The van der Waals surface area contributed by atoms with E-state index in [-0.39, 0.29) is 25.5 Å². The molecular formula is C48H45IrN3O-2. The number of fused-ring (bicyclic) bond motifs is 5. The fourth-order valence-electron chi connectivity index (χ4n) is 6.75. The van der Waals surface area contributed by atoms with Crippen LogP contribution in [0.3, 0.4) is 0 Å². The number of benzene rings is 4. The number of aromatic nitrogens is 3. The molecule has 1 radical (unpaired) electrons. The second-order valence-electron chi connectivity index (χ2n) is 16.1. The molecule has 4 aromatic heterocycles. The van der Waals surface area contributed by atoms with Crippen LogP contribution in [-0.4, -0.2) is 15.0 Å². The van der Waals surface area contributed by atoms with Gasteiger partial charge in [-0.05, 0) is 81.8 Å². The van der Waals surface area contributed by atoms with E-state index in [1.807, 2.05) is 61.2 Å². The van der Waals surface area contributed by atoms with Gasteiger partial charge in [0.15, 0.2) is 0 Å². The number of furan rings is 1. The molecule has 0 aliphatic rings. The number of nitrogens with zero attached hydrogens (tertiary/aromatic N) is 3. The Morgan fingerprint density at radius 3 is 2.13 bits per heavy atom. The number of aryl methyl sites for hydroxylation is 1. The minimum atomic E-state index is 0. The minimum absolute atomic E-state index is 0. The first-order valence-corrected chi connectivity index (χ1v) is 18.0. The molecule has 4 aromatic carbocycles. The van der Waals surface area contributed by atoms with Crippen LogP contribution < -0.4 is 0 Å². The summed E-state index contributed by atoms with van der Waals surface area (Å²) in [6.45, 7) is 15.7. The average Bonchev–Trinajstić information content (AvgIpc) is 3.52. The van der Waals surface area contributed by atoms with Crippen molar-refractivity contribution >= 4 is 32.7 Å². The van der Waals surface area contributed by atoms with Crippen LogP contribution >= 0.6 is 0 Å². The van der Waals surface area contributed by atoms with E-state index in [9.17, 15) is 0 Å². The van der Waals surface area contributed by atoms with E-state index in [0.29, 0.717) is 5.41 Å². The van der Waals surface area contributed by atoms with Crippen molar-refractivity contribution in [1.29, 1.82) is 0 Å². The second kappa shape index (κ2) is 15.6. The summed E-state index contributed by atoms with van der Waals surface area (Å²) in [5.74, 6) is 0. The van der Waals surface area contributed by atoms with Gasteiger partial charge in [0.25, 0.3) is 0 Å². The predicted molar refractivity (Wildman–Crippen MR) is 216 cm³/mol. The van der Waals surface area contributed by atoms with Gasteiger partial charge in [-0.2, -0.15) is 0 Å². The van der Waals surface area contributed by atoms with E-state index in [0.717, 1.165) is 68.1 Å². The largest absolute Gasteiger partial charge is 0.500 e. The maximum atomic E-state index is 6.41. The fourth-order valence-corrected chi connectivity index (χ4v) is 6.75. The summed E-state index contributed by atoms with van der Waals surface area (Å²) in [5.41, 5.74) is 12.4. The summed E-state index contributed by atoms with van der Waals surface area (Å²) in [5, 5.41) is 4.33. The Balaban J connectivity index is 0.000000183. The molecule has 4 nitrogen and oxygen atoms in total. The Bertz CT molecular complexity index is 2490. The molecule has 0 spiro atoms. The Kier molecular flexibility index (Phi) is 11.1. The van der Waals surface area contributed by atoms with Gasteiger partial charge in [-0.1, -0.05) is 107 Å². The van der Waals surface area contributed by atoms with Crippen molar-refractivity contribution in [2.24, 2.45) is 10.8 Å². The normalized spacial score (nSPS) is 11.7. The van der Waals surface area contributed by atoms with Gasteiger partial charge in [0, 0.05) is 55.7 Å². The summed E-state index contributed by atoms with van der Waals surface area (Å²) in [6, 6.07) is 40.1. The Morgan fingerprint density at radius 2 is 1.40 bits per heavy atom. The zero-order valence-corrected chi connectivity index (χ0v) is 33.9. The first kappa shape index (κ1) is 37.8. The Morgan fingerprint density at radius 1 is 0.623 bits per heavy atom. The van der Waals surface area contributed by atoms with Crippen LogP contribution in [0.15, 0.2) is 126 Å². The monoisotopic (exact) mass is 872 g/mol. The zero-order valence-electron chi connectivity index (χ0n) is 31.5. The molecule has 0 fully saturated rings. The van der Waals surface area contributed by atoms with Crippen molar-refractivity contribution in [1.82, 2.24) is 15.0 Å². The number of hydrogen-bond donors (Lipinski definition) is 0. The molecule has 0 aliphatic heterocycles. The van der Waals surface area contributed by atoms with Crippen LogP contribution in [-0.2, 0) is 32.9 Å². The topological polar surface area (TPSA) is 51.8 Å². The summed E-state index contributed by atoms with van der Waals surface area (Å²) in [7, 11) is 0. The van der Waals surface area contributed by atoms with Crippen LogP contribution in [0.25, 0.3) is 66.4 Å². The molecule has 0 amide bonds.